The molecule has 13 N–H and O–H groups in total. The third-order valence-corrected chi connectivity index (χ3v) is 22.7. The molecule has 14 aromatic rings. The quantitative estimate of drug-likeness (QED) is 0.00433. The molecular formula is C111H139F8LiN12O13. The predicted octanol–water partition coefficient (Wildman–Crippen LogP) is 22.3. The minimum absolute atomic E-state index is 0. The number of aldehydes is 1. The van der Waals surface area contributed by atoms with Crippen molar-refractivity contribution in [3.8, 4) is 17.2 Å². The minimum Gasteiger partial charge on any atom is -0.870 e. The van der Waals surface area contributed by atoms with E-state index in [0.717, 1.165) is 133 Å². The van der Waals surface area contributed by atoms with E-state index in [2.05, 4.69) is 120 Å². The van der Waals surface area contributed by atoms with Gasteiger partial charge < -0.3 is 76.2 Å². The number of alkyl halides is 4. The number of aryl methyl sites for hydroxylation is 4. The zero-order valence-corrected chi connectivity index (χ0v) is 87.1. The van der Waals surface area contributed by atoms with Crippen molar-refractivity contribution in [2.45, 2.75) is 230 Å². The normalized spacial score (nSPS) is 13.7. The number of phenolic OH excluding ortho intramolecular Hbond substituents is 2. The van der Waals surface area contributed by atoms with Gasteiger partial charge in [-0.15, -0.1) is 0 Å². The smallest absolute Gasteiger partial charge is 0.870 e. The number of hydrogen-bond donors (Lipinski definition) is 11. The molecule has 7 heterocycles. The number of allylic oxidation sites excluding steroid dienone is 1. The van der Waals surface area contributed by atoms with E-state index in [4.69, 9.17) is 10.5 Å². The summed E-state index contributed by atoms with van der Waals surface area (Å²) in [6.45, 7) is 37.9. The molecule has 25 nitrogen and oxygen atoms in total. The fraction of sp³-hybridized carbons (Fsp3) is 0.378. The summed E-state index contributed by atoms with van der Waals surface area (Å²) in [6, 6.07) is 39.0. The fourth-order valence-corrected chi connectivity index (χ4v) is 15.3. The second kappa shape index (κ2) is 56.4. The van der Waals surface area contributed by atoms with Crippen LogP contribution in [0.5, 0.6) is 17.2 Å². The average molecular weight is 2010 g/mol. The van der Waals surface area contributed by atoms with Crippen molar-refractivity contribution in [2.24, 2.45) is 5.73 Å². The number of nitro groups is 2. The molecule has 0 spiro atoms. The summed E-state index contributed by atoms with van der Waals surface area (Å²) < 4.78 is 125. The molecule has 5 atom stereocenters. The van der Waals surface area contributed by atoms with Crippen molar-refractivity contribution in [3.05, 3.63) is 304 Å². The number of phenols is 2. The minimum atomic E-state index is -1.61. The number of methoxy groups -OCH3 is 1. The Labute approximate surface area is 854 Å². The van der Waals surface area contributed by atoms with Crippen LogP contribution in [0.4, 0.5) is 35.1 Å². The van der Waals surface area contributed by atoms with Gasteiger partial charge in [-0.1, -0.05) is 53.4 Å². The van der Waals surface area contributed by atoms with Crippen LogP contribution >= 0.6 is 0 Å². The van der Waals surface area contributed by atoms with Gasteiger partial charge in [0, 0.05) is 200 Å². The third-order valence-electron chi connectivity index (χ3n) is 22.7. The summed E-state index contributed by atoms with van der Waals surface area (Å²) in [5.74, 6) is -4.52. The maximum absolute atomic E-state index is 15.6. The van der Waals surface area contributed by atoms with Crippen molar-refractivity contribution in [3.63, 3.8) is 0 Å². The number of carbonyl (C=O) groups is 3. The Bertz CT molecular complexity index is 6540. The molecule has 0 bridgehead atoms. The number of fused-ring (bicyclic) bond motifs is 8. The van der Waals surface area contributed by atoms with E-state index in [-0.39, 0.29) is 119 Å². The monoisotopic (exact) mass is 2010 g/mol. The molecule has 1 aliphatic heterocycles. The number of aromatic amines is 6. The number of carbonyl (C=O) groups excluding carboxylic acids is 3. The van der Waals surface area contributed by atoms with Crippen LogP contribution in [0, 0.1) is 71.2 Å². The molecule has 0 saturated carbocycles. The number of esters is 2. The molecule has 1 aliphatic rings. The Hall–Kier alpha value is -13.1. The summed E-state index contributed by atoms with van der Waals surface area (Å²) in [6.07, 6.45) is 20.6. The standard InChI is InChI=1S/C27H29F3N2O3.C16H23FN2.C15H21FN2O.C12H12F2O3.C12H12N2O2.C12H16N2.C10H9NO.C5H11F.C2H5NO2.Li.H2O/c1-5-35-23(34)9-6-16-11-20(28)24(21(29)12-16)26-25-19(10-15(2)32(26)14-27(3,4)30)18-13-17(33)7-8-22(18)31-25;1-11-5-6-15-14(7-11)13(9-18-15)8-12(2)19-10-16(3,4)17;1-10(18-9-15(2,3)16)6-11-8-17-14-5-4-12(19)7-13(11)14;1-3-17-11(15)5-4-8-6-9(13)12(16-2)10(14)7-8;1-8-3-4-12-11(5-8)10(7-13-12)6-9(2)14(15)16;1-8-3-4-12-11(5-8)10(7-14-12)6-9(2)13;1-7-2-3-10-9(4-7)8(6-12)5-11-10;1-4-5(2,3)6;1-2-3(4)5;;/h6-9,11-13,15,26,31,33H,5,10,14H2,1-4H3;5-7,9,12,18-19H,8,10H2,1-4H3;4-5,7-8,10,17-19H,6,9H2,1-3H3;4-7H,3H2,1-2H3;3-7,13H,1-2H3;3-5,7,9,14H,6,13H2,1-2H3;2-6,11H,1H3;4H2,1-3H3;2H2,1H3;;1H2/q;;;;;;;;;+1;/p-1/b9-6+;;;5-4+;9-6-;;;;;;. The van der Waals surface area contributed by atoms with Gasteiger partial charge >= 0.3 is 30.8 Å². The van der Waals surface area contributed by atoms with Crippen molar-refractivity contribution in [1.29, 1.82) is 0 Å². The molecule has 0 saturated heterocycles. The molecular weight excluding hydrogens is 1870 g/mol. The number of aromatic hydroxyl groups is 2. The summed E-state index contributed by atoms with van der Waals surface area (Å²) >= 11 is 0. The van der Waals surface area contributed by atoms with E-state index in [0.29, 0.717) is 31.6 Å². The van der Waals surface area contributed by atoms with Gasteiger partial charge in [-0.25, -0.2) is 44.7 Å². The summed E-state index contributed by atoms with van der Waals surface area (Å²) in [5, 5.41) is 52.1. The zero-order valence-electron chi connectivity index (χ0n) is 87.1. The fourth-order valence-electron chi connectivity index (χ4n) is 15.3. The molecule has 0 radical (unpaired) electrons. The van der Waals surface area contributed by atoms with E-state index >= 15 is 8.78 Å². The number of nitrogens with two attached hydrogens (primary N) is 1. The second-order valence-corrected chi connectivity index (χ2v) is 38.0. The molecule has 6 aromatic heterocycles. The Morgan fingerprint density at radius 1 is 0.538 bits per heavy atom. The van der Waals surface area contributed by atoms with Crippen LogP contribution in [-0.2, 0) is 44.7 Å². The third kappa shape index (κ3) is 39.1. The molecule has 778 valence electrons. The van der Waals surface area contributed by atoms with Crippen LogP contribution in [0.25, 0.3) is 83.6 Å². The van der Waals surface area contributed by atoms with Crippen LogP contribution in [0.1, 0.15) is 213 Å². The maximum Gasteiger partial charge on any atom is 1.00 e. The first-order chi connectivity index (χ1) is 67.1. The predicted molar refractivity (Wildman–Crippen MR) is 561 cm³/mol. The molecule has 145 heavy (non-hydrogen) atoms. The van der Waals surface area contributed by atoms with Crippen LogP contribution in [0.15, 0.2) is 182 Å². The average Bonchev–Trinajstić information content (AvgIpc) is 1.54. The van der Waals surface area contributed by atoms with Crippen molar-refractivity contribution in [2.75, 3.05) is 46.5 Å². The molecule has 0 fully saturated rings. The van der Waals surface area contributed by atoms with E-state index in [1.807, 2.05) is 90.2 Å². The maximum atomic E-state index is 15.6. The molecule has 8 aromatic carbocycles. The number of ether oxygens (including phenoxy) is 3. The number of aromatic nitrogens is 6. The first-order valence-electron chi connectivity index (χ1n) is 47.4. The van der Waals surface area contributed by atoms with Crippen LogP contribution < -0.4 is 40.0 Å². The Morgan fingerprint density at radius 3 is 1.27 bits per heavy atom. The van der Waals surface area contributed by atoms with Crippen LogP contribution in [0.3, 0.4) is 0 Å². The summed E-state index contributed by atoms with van der Waals surface area (Å²) in [7, 11) is 1.18. The van der Waals surface area contributed by atoms with Crippen LogP contribution in [0.2, 0.25) is 0 Å². The number of halogens is 8. The van der Waals surface area contributed by atoms with Gasteiger partial charge in [-0.3, -0.25) is 29.9 Å². The molecule has 0 amide bonds. The number of nitrogens with zero attached hydrogens (tertiary/aromatic N) is 3. The van der Waals surface area contributed by atoms with Gasteiger partial charge in [0.1, 0.15) is 45.8 Å². The Kier molecular flexibility index (Phi) is 47.6. The van der Waals surface area contributed by atoms with Crippen molar-refractivity contribution < 1.29 is 108 Å². The van der Waals surface area contributed by atoms with Gasteiger partial charge in [0.2, 0.25) is 12.2 Å². The number of rotatable bonds is 27. The van der Waals surface area contributed by atoms with Gasteiger partial charge in [0.05, 0.1) is 31.3 Å². The van der Waals surface area contributed by atoms with E-state index in [1.165, 1.54) is 103 Å². The largest absolute Gasteiger partial charge is 1.00 e. The van der Waals surface area contributed by atoms with Crippen LogP contribution in [-0.4, -0.2) is 172 Å². The number of benzene rings is 8. The molecule has 34 heteroatoms. The van der Waals surface area contributed by atoms with E-state index in [1.54, 1.807) is 103 Å². The molecule has 15 rings (SSSR count). The first-order valence-corrected chi connectivity index (χ1v) is 47.4. The van der Waals surface area contributed by atoms with Gasteiger partial charge in [-0.05, 0) is 311 Å². The number of hydrogen-bond acceptors (Lipinski definition) is 17. The Morgan fingerprint density at radius 2 is 0.897 bits per heavy atom. The van der Waals surface area contributed by atoms with Gasteiger partial charge in [0.15, 0.2) is 23.7 Å². The van der Waals surface area contributed by atoms with Crippen molar-refractivity contribution >= 4 is 102 Å². The number of nitrogens with one attached hydrogen (secondary N) is 8. The topological polar surface area (TPSA) is 384 Å². The zero-order chi connectivity index (χ0) is 106. The molecule has 0 aliphatic carbocycles. The van der Waals surface area contributed by atoms with E-state index < -0.39 is 69.7 Å². The number of H-pyrrole nitrogens is 6. The summed E-state index contributed by atoms with van der Waals surface area (Å²) in [5.41, 5.74) is 18.9. The van der Waals surface area contributed by atoms with Crippen molar-refractivity contribution in [1.82, 2.24) is 45.4 Å². The SMILES string of the molecule is C/C(=C/c1c[nH]c2ccc(C)cc12)[N+](=O)[O-].CC(Cc1c[nH]c2ccc(O)cc12)NCC(C)(C)F.CCC(C)(C)F.CCOC(=O)/C=C/c1cc(F)c(C2c3[nH]c4ccc(O)cc4c3CC(C)N2CC(C)(C)F)c(F)c1.CCOC(=O)/C=C/c1cc(F)c(OC)c(F)c1.CC[N+](=O)[O-].Cc1ccc2[nH]cc(C=O)c2c1.Cc1ccc2[nH]cc(CC(C)N)c2c1.Cc1ccc2[nH]cc(CC(C)NCC(C)(C)F)c2c1.[Li+].[OH-]. The second-order valence-electron chi connectivity index (χ2n) is 38.0. The van der Waals surface area contributed by atoms with Gasteiger partial charge in [-0.2, -0.15) is 0 Å². The Balaban J connectivity index is 0.000000299. The first kappa shape index (κ1) is 122. The molecule has 5 unspecified atom stereocenters. The van der Waals surface area contributed by atoms with Gasteiger partial charge in [0.25, 0.3) is 0 Å². The summed E-state index contributed by atoms with van der Waals surface area (Å²) in [4.78, 5) is 73.0. The van der Waals surface area contributed by atoms with E-state index in [9.17, 15) is 71.2 Å².